The third-order valence-electron chi connectivity index (χ3n) is 2.76. The van der Waals surface area contributed by atoms with Gasteiger partial charge in [-0.1, -0.05) is 13.8 Å². The van der Waals surface area contributed by atoms with Gasteiger partial charge in [-0.25, -0.2) is 8.42 Å². The summed E-state index contributed by atoms with van der Waals surface area (Å²) in [7, 11) is -1.63. The zero-order valence-corrected chi connectivity index (χ0v) is 12.6. The van der Waals surface area contributed by atoms with E-state index in [9.17, 15) is 8.42 Å². The van der Waals surface area contributed by atoms with Gasteiger partial charge < -0.3 is 4.74 Å². The number of hydrogen-bond donors (Lipinski definition) is 0. The standard InChI is InChI=1S/C11H24ClNO3S/c1-4-11(5-2)13(8-9-16-3)17(14,15)10-6-7-12/h11H,4-10H2,1-3H3. The second kappa shape index (κ2) is 9.14. The Kier molecular flexibility index (Phi) is 9.22. The molecule has 0 N–H and O–H groups in total. The van der Waals surface area contributed by atoms with Gasteiger partial charge in [-0.15, -0.1) is 11.6 Å². The maximum absolute atomic E-state index is 12.2. The Morgan fingerprint density at radius 3 is 2.29 bits per heavy atom. The topological polar surface area (TPSA) is 46.6 Å². The van der Waals surface area contributed by atoms with Gasteiger partial charge in [0, 0.05) is 25.6 Å². The van der Waals surface area contributed by atoms with Crippen molar-refractivity contribution in [3.8, 4) is 0 Å². The molecule has 0 heterocycles. The molecule has 0 aliphatic rings. The molecular weight excluding hydrogens is 262 g/mol. The van der Waals surface area contributed by atoms with Crippen LogP contribution in [0.2, 0.25) is 0 Å². The highest BCUT2D eigenvalue weighted by molar-refractivity contribution is 7.89. The molecule has 0 amide bonds. The molecule has 0 aromatic carbocycles. The van der Waals surface area contributed by atoms with Crippen molar-refractivity contribution >= 4 is 21.6 Å². The van der Waals surface area contributed by atoms with Crippen LogP contribution in [0.5, 0.6) is 0 Å². The lowest BCUT2D eigenvalue weighted by Gasteiger charge is -2.29. The van der Waals surface area contributed by atoms with Gasteiger partial charge in [0.05, 0.1) is 12.4 Å². The van der Waals surface area contributed by atoms with Crippen molar-refractivity contribution in [3.63, 3.8) is 0 Å². The van der Waals surface area contributed by atoms with E-state index in [4.69, 9.17) is 16.3 Å². The van der Waals surface area contributed by atoms with Crippen LogP contribution in [0.3, 0.4) is 0 Å². The number of ether oxygens (including phenoxy) is 1. The summed E-state index contributed by atoms with van der Waals surface area (Å²) in [5.41, 5.74) is 0. The van der Waals surface area contributed by atoms with Crippen LogP contribution in [-0.2, 0) is 14.8 Å². The van der Waals surface area contributed by atoms with Crippen LogP contribution >= 0.6 is 11.6 Å². The van der Waals surface area contributed by atoms with Crippen LogP contribution in [0.4, 0.5) is 0 Å². The van der Waals surface area contributed by atoms with Crippen LogP contribution in [0.1, 0.15) is 33.1 Å². The first-order valence-corrected chi connectivity index (χ1v) is 8.22. The Labute approximate surface area is 110 Å². The van der Waals surface area contributed by atoms with E-state index < -0.39 is 10.0 Å². The maximum Gasteiger partial charge on any atom is 0.214 e. The highest BCUT2D eigenvalue weighted by Gasteiger charge is 2.26. The fourth-order valence-electron chi connectivity index (χ4n) is 1.78. The SMILES string of the molecule is CCC(CC)N(CCOC)S(=O)(=O)CCCCl. The van der Waals surface area contributed by atoms with Crippen LogP contribution in [-0.4, -0.2) is 50.7 Å². The molecule has 0 spiro atoms. The maximum atomic E-state index is 12.2. The fourth-order valence-corrected chi connectivity index (χ4v) is 3.92. The Balaban J connectivity index is 4.75. The second-order valence-electron chi connectivity index (χ2n) is 3.93. The van der Waals surface area contributed by atoms with Gasteiger partial charge >= 0.3 is 0 Å². The van der Waals surface area contributed by atoms with E-state index in [0.717, 1.165) is 12.8 Å². The molecule has 0 radical (unpaired) electrons. The van der Waals surface area contributed by atoms with E-state index >= 15 is 0 Å². The fraction of sp³-hybridized carbons (Fsp3) is 1.00. The number of halogens is 1. The van der Waals surface area contributed by atoms with Crippen molar-refractivity contribution in [1.82, 2.24) is 4.31 Å². The summed E-state index contributed by atoms with van der Waals surface area (Å²) in [4.78, 5) is 0. The van der Waals surface area contributed by atoms with Crippen molar-refractivity contribution in [2.45, 2.75) is 39.2 Å². The van der Waals surface area contributed by atoms with Gasteiger partial charge in [-0.2, -0.15) is 4.31 Å². The summed E-state index contributed by atoms with van der Waals surface area (Å²) in [6.45, 7) is 4.86. The van der Waals surface area contributed by atoms with Crippen molar-refractivity contribution in [2.24, 2.45) is 0 Å². The van der Waals surface area contributed by atoms with Crippen LogP contribution in [0.25, 0.3) is 0 Å². The smallest absolute Gasteiger partial charge is 0.214 e. The predicted molar refractivity (Wildman–Crippen MR) is 72.1 cm³/mol. The lowest BCUT2D eigenvalue weighted by atomic mass is 10.2. The molecule has 0 aromatic rings. The number of hydrogen-bond acceptors (Lipinski definition) is 3. The zero-order chi connectivity index (χ0) is 13.3. The minimum atomic E-state index is -3.21. The summed E-state index contributed by atoms with van der Waals surface area (Å²) in [6.07, 6.45) is 2.13. The van der Waals surface area contributed by atoms with E-state index in [1.807, 2.05) is 13.8 Å². The van der Waals surface area contributed by atoms with Crippen LogP contribution in [0.15, 0.2) is 0 Å². The van der Waals surface area contributed by atoms with Crippen LogP contribution in [0, 0.1) is 0 Å². The van der Waals surface area contributed by atoms with Gasteiger partial charge in [0.25, 0.3) is 0 Å². The lowest BCUT2D eigenvalue weighted by molar-refractivity contribution is 0.163. The predicted octanol–water partition coefficient (Wildman–Crippen LogP) is 2.08. The first-order chi connectivity index (χ1) is 8.03. The molecule has 0 aromatic heterocycles. The number of rotatable bonds is 10. The average molecular weight is 286 g/mol. The Hall–Kier alpha value is 0.160. The second-order valence-corrected chi connectivity index (χ2v) is 6.35. The van der Waals surface area contributed by atoms with Crippen molar-refractivity contribution in [2.75, 3.05) is 31.9 Å². The Morgan fingerprint density at radius 2 is 1.88 bits per heavy atom. The molecule has 0 aliphatic heterocycles. The van der Waals surface area contributed by atoms with Crippen LogP contribution < -0.4 is 0 Å². The van der Waals surface area contributed by atoms with Gasteiger partial charge in [0.1, 0.15) is 0 Å². The minimum absolute atomic E-state index is 0.0606. The molecule has 17 heavy (non-hydrogen) atoms. The minimum Gasteiger partial charge on any atom is -0.383 e. The van der Waals surface area contributed by atoms with Crippen molar-refractivity contribution in [1.29, 1.82) is 0 Å². The van der Waals surface area contributed by atoms with Gasteiger partial charge in [-0.3, -0.25) is 0 Å². The van der Waals surface area contributed by atoms with Gasteiger partial charge in [-0.05, 0) is 19.3 Å². The largest absolute Gasteiger partial charge is 0.383 e. The van der Waals surface area contributed by atoms with Gasteiger partial charge in [0.15, 0.2) is 0 Å². The van der Waals surface area contributed by atoms with E-state index in [1.165, 1.54) is 0 Å². The van der Waals surface area contributed by atoms with E-state index in [0.29, 0.717) is 25.5 Å². The first kappa shape index (κ1) is 17.2. The first-order valence-electron chi connectivity index (χ1n) is 6.07. The molecule has 0 atom stereocenters. The highest BCUT2D eigenvalue weighted by atomic mass is 35.5. The third-order valence-corrected chi connectivity index (χ3v) is 5.03. The molecule has 104 valence electrons. The molecule has 0 unspecified atom stereocenters. The number of nitrogens with zero attached hydrogens (tertiary/aromatic N) is 1. The zero-order valence-electron chi connectivity index (χ0n) is 11.0. The number of sulfonamides is 1. The molecule has 0 fully saturated rings. The molecule has 0 bridgehead atoms. The van der Waals surface area contributed by atoms with Crippen molar-refractivity contribution < 1.29 is 13.2 Å². The number of methoxy groups -OCH3 is 1. The Bertz CT molecular complexity index is 278. The average Bonchev–Trinajstić information content (AvgIpc) is 2.31. The number of alkyl halides is 1. The normalized spacial score (nSPS) is 12.6. The highest BCUT2D eigenvalue weighted by Crippen LogP contribution is 2.15. The van der Waals surface area contributed by atoms with E-state index in [1.54, 1.807) is 11.4 Å². The molecule has 0 aliphatic carbocycles. The quantitative estimate of drug-likeness (QED) is 0.578. The Morgan fingerprint density at radius 1 is 1.29 bits per heavy atom. The monoisotopic (exact) mass is 285 g/mol. The molecule has 4 nitrogen and oxygen atoms in total. The summed E-state index contributed by atoms with van der Waals surface area (Å²) in [5.74, 6) is 0.497. The molecule has 6 heteroatoms. The summed E-state index contributed by atoms with van der Waals surface area (Å²) in [5, 5.41) is 0. The molecule has 0 rings (SSSR count). The molecule has 0 saturated heterocycles. The summed E-state index contributed by atoms with van der Waals surface area (Å²) in [6, 6.07) is 0.0606. The molecular formula is C11H24ClNO3S. The summed E-state index contributed by atoms with van der Waals surface area (Å²) >= 11 is 5.56. The third kappa shape index (κ3) is 6.04. The summed E-state index contributed by atoms with van der Waals surface area (Å²) < 4.78 is 30.9. The van der Waals surface area contributed by atoms with E-state index in [2.05, 4.69) is 0 Å². The van der Waals surface area contributed by atoms with E-state index in [-0.39, 0.29) is 11.8 Å². The van der Waals surface area contributed by atoms with Gasteiger partial charge in [0.2, 0.25) is 10.0 Å². The lowest BCUT2D eigenvalue weighted by Crippen LogP contribution is -2.43. The van der Waals surface area contributed by atoms with Crippen molar-refractivity contribution in [3.05, 3.63) is 0 Å². The molecule has 0 saturated carbocycles.